The number of non-ortho nitro benzene ring substituents is 1. The molecule has 0 saturated heterocycles. The molecule has 0 unspecified atom stereocenters. The number of carbonyl (C=O) groups excluding carboxylic acids is 1. The van der Waals surface area contributed by atoms with E-state index < -0.39 is 10.9 Å². The van der Waals surface area contributed by atoms with E-state index in [0.717, 1.165) is 10.0 Å². The summed E-state index contributed by atoms with van der Waals surface area (Å²) in [6.45, 7) is 0. The number of ether oxygens (including phenoxy) is 1. The number of esters is 1. The van der Waals surface area contributed by atoms with Gasteiger partial charge in [-0.15, -0.1) is 0 Å². The van der Waals surface area contributed by atoms with Crippen LogP contribution in [0, 0.1) is 10.1 Å². The van der Waals surface area contributed by atoms with Gasteiger partial charge in [-0.25, -0.2) is 9.79 Å². The lowest BCUT2D eigenvalue weighted by atomic mass is 10.2. The number of allylic oxidation sites excluding steroid dienone is 2. The predicted molar refractivity (Wildman–Crippen MR) is 97.0 cm³/mol. The van der Waals surface area contributed by atoms with Crippen LogP contribution in [0.5, 0.6) is 0 Å². The highest BCUT2D eigenvalue weighted by molar-refractivity contribution is 9.10. The van der Waals surface area contributed by atoms with Crippen molar-refractivity contribution in [3.05, 3.63) is 92.1 Å². The van der Waals surface area contributed by atoms with Crippen molar-refractivity contribution >= 4 is 39.6 Å². The molecule has 0 atom stereocenters. The van der Waals surface area contributed by atoms with E-state index in [1.54, 1.807) is 30.4 Å². The van der Waals surface area contributed by atoms with Crippen LogP contribution in [0.15, 0.2) is 75.8 Å². The van der Waals surface area contributed by atoms with E-state index in [1.807, 2.05) is 18.2 Å². The summed E-state index contributed by atoms with van der Waals surface area (Å²) in [5, 5.41) is 10.6. The number of benzene rings is 2. The maximum Gasteiger partial charge on any atom is 0.363 e. The molecule has 1 aliphatic rings. The lowest BCUT2D eigenvalue weighted by Gasteiger charge is -2.01. The van der Waals surface area contributed by atoms with Crippen molar-refractivity contribution < 1.29 is 14.5 Å². The number of carbonyl (C=O) groups is 1. The van der Waals surface area contributed by atoms with Crippen LogP contribution in [0.3, 0.4) is 0 Å². The fraction of sp³-hybridized carbons (Fsp3) is 0. The standard InChI is InChI=1S/C18H11BrN2O4/c19-15-6-2-1-5-14(15)17-20-16(18(22)25-17)7-3-4-12-8-10-13(11-9-12)21(23)24/h1-11H/b4-3+,16-7+. The monoisotopic (exact) mass is 398 g/mol. The van der Waals surface area contributed by atoms with Crippen LogP contribution in [0.2, 0.25) is 0 Å². The SMILES string of the molecule is O=C1OC(c2ccccc2Br)=N/C1=C/C=C/c1ccc([N+](=O)[O-])cc1. The molecule has 0 radical (unpaired) electrons. The molecule has 6 nitrogen and oxygen atoms in total. The fourth-order valence-electron chi connectivity index (χ4n) is 2.13. The van der Waals surface area contributed by atoms with Crippen molar-refractivity contribution in [2.24, 2.45) is 4.99 Å². The van der Waals surface area contributed by atoms with Gasteiger partial charge in [0.05, 0.1) is 10.5 Å². The highest BCUT2D eigenvalue weighted by Gasteiger charge is 2.24. The number of cyclic esters (lactones) is 1. The molecule has 0 amide bonds. The third-order valence-electron chi connectivity index (χ3n) is 3.37. The summed E-state index contributed by atoms with van der Waals surface area (Å²) in [7, 11) is 0. The number of nitro benzene ring substituents is 1. The number of hydrogen-bond donors (Lipinski definition) is 0. The first kappa shape index (κ1) is 16.8. The fourth-order valence-corrected chi connectivity index (χ4v) is 2.59. The summed E-state index contributed by atoms with van der Waals surface area (Å²) < 4.78 is 5.97. The minimum atomic E-state index is -0.529. The first-order chi connectivity index (χ1) is 12.0. The van der Waals surface area contributed by atoms with Gasteiger partial charge in [-0.1, -0.05) is 24.3 Å². The van der Waals surface area contributed by atoms with Crippen molar-refractivity contribution in [3.63, 3.8) is 0 Å². The van der Waals surface area contributed by atoms with Gasteiger partial charge in [-0.2, -0.15) is 0 Å². The molecule has 0 aliphatic carbocycles. The number of rotatable bonds is 4. The zero-order valence-corrected chi connectivity index (χ0v) is 14.3. The van der Waals surface area contributed by atoms with Crippen LogP contribution < -0.4 is 0 Å². The normalized spacial score (nSPS) is 15.5. The van der Waals surface area contributed by atoms with Crippen molar-refractivity contribution in [3.8, 4) is 0 Å². The first-order valence-corrected chi connectivity index (χ1v) is 8.02. The van der Waals surface area contributed by atoms with Gasteiger partial charge in [0.15, 0.2) is 5.70 Å². The van der Waals surface area contributed by atoms with E-state index in [0.29, 0.717) is 5.56 Å². The van der Waals surface area contributed by atoms with Crippen molar-refractivity contribution in [2.75, 3.05) is 0 Å². The number of hydrogen-bond acceptors (Lipinski definition) is 5. The van der Waals surface area contributed by atoms with Gasteiger partial charge in [0.25, 0.3) is 5.69 Å². The van der Waals surface area contributed by atoms with Gasteiger partial charge in [0, 0.05) is 16.6 Å². The Bertz CT molecular complexity index is 930. The maximum atomic E-state index is 11.9. The van der Waals surface area contributed by atoms with Gasteiger partial charge >= 0.3 is 5.97 Å². The van der Waals surface area contributed by atoms with Gasteiger partial charge < -0.3 is 4.74 Å². The topological polar surface area (TPSA) is 81.8 Å². The Morgan fingerprint density at radius 1 is 1.12 bits per heavy atom. The minimum absolute atomic E-state index is 0.0255. The van der Waals surface area contributed by atoms with Crippen molar-refractivity contribution in [1.82, 2.24) is 0 Å². The molecule has 0 aromatic heterocycles. The minimum Gasteiger partial charge on any atom is -0.402 e. The van der Waals surface area contributed by atoms with Crippen LogP contribution in [0.1, 0.15) is 11.1 Å². The van der Waals surface area contributed by atoms with E-state index >= 15 is 0 Å². The second-order valence-corrected chi connectivity index (χ2v) is 5.90. The van der Waals surface area contributed by atoms with E-state index in [4.69, 9.17) is 4.74 Å². The summed E-state index contributed by atoms with van der Waals surface area (Å²) in [6.07, 6.45) is 4.90. The van der Waals surface area contributed by atoms with Gasteiger partial charge in [0.2, 0.25) is 5.90 Å². The van der Waals surface area contributed by atoms with Crippen molar-refractivity contribution in [1.29, 1.82) is 0 Å². The molecule has 0 bridgehead atoms. The van der Waals surface area contributed by atoms with E-state index in [-0.39, 0.29) is 17.3 Å². The van der Waals surface area contributed by atoms with Crippen LogP contribution in [-0.2, 0) is 9.53 Å². The second kappa shape index (κ2) is 7.23. The number of halogens is 1. The average Bonchev–Trinajstić information content (AvgIpc) is 2.96. The second-order valence-electron chi connectivity index (χ2n) is 5.05. The molecule has 1 aliphatic heterocycles. The lowest BCUT2D eigenvalue weighted by Crippen LogP contribution is -2.05. The molecule has 1 heterocycles. The van der Waals surface area contributed by atoms with Crippen LogP contribution in [0.4, 0.5) is 5.69 Å². The van der Waals surface area contributed by atoms with Crippen LogP contribution in [0.25, 0.3) is 6.08 Å². The van der Waals surface area contributed by atoms with E-state index in [9.17, 15) is 14.9 Å². The molecule has 0 saturated carbocycles. The Hall–Kier alpha value is -3.06. The number of nitro groups is 1. The predicted octanol–water partition coefficient (Wildman–Crippen LogP) is 4.26. The Balaban J connectivity index is 1.78. The molecular weight excluding hydrogens is 388 g/mol. The quantitative estimate of drug-likeness (QED) is 0.333. The Morgan fingerprint density at radius 2 is 1.84 bits per heavy atom. The van der Waals surface area contributed by atoms with Crippen LogP contribution >= 0.6 is 15.9 Å². The van der Waals surface area contributed by atoms with Gasteiger partial charge in [0.1, 0.15) is 0 Å². The average molecular weight is 399 g/mol. The smallest absolute Gasteiger partial charge is 0.363 e. The third kappa shape index (κ3) is 3.89. The Kier molecular flexibility index (Phi) is 4.85. The molecule has 2 aromatic rings. The van der Waals surface area contributed by atoms with Crippen LogP contribution in [-0.4, -0.2) is 16.8 Å². The highest BCUT2D eigenvalue weighted by atomic mass is 79.9. The lowest BCUT2D eigenvalue weighted by molar-refractivity contribution is -0.384. The molecular formula is C18H11BrN2O4. The number of nitrogens with zero attached hydrogens (tertiary/aromatic N) is 2. The zero-order valence-electron chi connectivity index (χ0n) is 12.8. The summed E-state index contributed by atoms with van der Waals surface area (Å²) in [6, 6.07) is 13.4. The van der Waals surface area contributed by atoms with Gasteiger partial charge in [-0.3, -0.25) is 10.1 Å². The zero-order chi connectivity index (χ0) is 17.8. The van der Waals surface area contributed by atoms with E-state index in [2.05, 4.69) is 20.9 Å². The summed E-state index contributed by atoms with van der Waals surface area (Å²) in [4.78, 5) is 26.3. The Labute approximate surface area is 151 Å². The third-order valence-corrected chi connectivity index (χ3v) is 4.06. The summed E-state index contributed by atoms with van der Waals surface area (Å²) in [5.74, 6) is -0.286. The maximum absolute atomic E-state index is 11.9. The van der Waals surface area contributed by atoms with E-state index in [1.165, 1.54) is 18.2 Å². The largest absolute Gasteiger partial charge is 0.402 e. The molecule has 0 spiro atoms. The molecule has 2 aromatic carbocycles. The molecule has 0 fully saturated rings. The van der Waals surface area contributed by atoms with Gasteiger partial charge in [-0.05, 0) is 51.8 Å². The Morgan fingerprint density at radius 3 is 2.52 bits per heavy atom. The first-order valence-electron chi connectivity index (χ1n) is 7.23. The molecule has 3 rings (SSSR count). The summed E-state index contributed by atoms with van der Waals surface area (Å²) >= 11 is 3.39. The molecule has 25 heavy (non-hydrogen) atoms. The summed E-state index contributed by atoms with van der Waals surface area (Å²) in [5.41, 5.74) is 1.67. The number of aliphatic imine (C=N–C) groups is 1. The highest BCUT2D eigenvalue weighted by Crippen LogP contribution is 2.22. The molecule has 7 heteroatoms. The molecule has 0 N–H and O–H groups in total. The molecule has 124 valence electrons. The van der Waals surface area contributed by atoms with Crippen molar-refractivity contribution in [2.45, 2.75) is 0 Å².